The van der Waals surface area contributed by atoms with Crippen LogP contribution >= 0.6 is 24.0 Å². The van der Waals surface area contributed by atoms with Gasteiger partial charge in [0.2, 0.25) is 15.9 Å². The molecule has 0 atom stereocenters. The summed E-state index contributed by atoms with van der Waals surface area (Å²) in [7, 11) is -3.27. The molecule has 1 aromatic heterocycles. The molecule has 1 rings (SSSR count). The van der Waals surface area contributed by atoms with Crippen LogP contribution in [-0.4, -0.2) is 44.2 Å². The molecule has 1 aromatic rings. The minimum atomic E-state index is -3.27. The van der Waals surface area contributed by atoms with E-state index in [4.69, 9.17) is 4.42 Å². The minimum Gasteiger partial charge on any atom is -0.444 e. The molecule has 0 radical (unpaired) electrons. The van der Waals surface area contributed by atoms with Crippen LogP contribution in [0.1, 0.15) is 38.1 Å². The van der Waals surface area contributed by atoms with E-state index in [0.29, 0.717) is 31.5 Å². The summed E-state index contributed by atoms with van der Waals surface area (Å²) in [4.78, 5) is 8.68. The van der Waals surface area contributed by atoms with Crippen molar-refractivity contribution in [3.05, 3.63) is 17.3 Å². The highest BCUT2D eigenvalue weighted by Gasteiger charge is 2.22. The van der Waals surface area contributed by atoms with Gasteiger partial charge in [0.1, 0.15) is 12.3 Å². The van der Waals surface area contributed by atoms with E-state index in [0.717, 1.165) is 17.7 Å². The van der Waals surface area contributed by atoms with Gasteiger partial charge < -0.3 is 15.1 Å². The summed E-state index contributed by atoms with van der Waals surface area (Å²) in [5.74, 6) is 1.90. The fourth-order valence-corrected chi connectivity index (χ4v) is 3.01. The fourth-order valence-electron chi connectivity index (χ4n) is 1.94. The number of hydrogen-bond donors (Lipinski definition) is 3. The SMILES string of the molecule is CCNC(=NCc1nc(C)c(C)o1)NCC(C)(C)NS(C)(=O)=O.I. The molecule has 0 fully saturated rings. The molecule has 0 unspecified atom stereocenters. The second kappa shape index (κ2) is 9.56. The number of hydrogen-bond acceptors (Lipinski definition) is 5. The average Bonchev–Trinajstić information content (AvgIpc) is 2.69. The molecule has 0 spiro atoms. The molecule has 3 N–H and O–H groups in total. The summed E-state index contributed by atoms with van der Waals surface area (Å²) >= 11 is 0. The summed E-state index contributed by atoms with van der Waals surface area (Å²) < 4.78 is 30.8. The van der Waals surface area contributed by atoms with Crippen molar-refractivity contribution in [3.63, 3.8) is 0 Å². The molecule has 0 aliphatic carbocycles. The average molecular weight is 473 g/mol. The standard InChI is InChI=1S/C14H27N5O3S.HI/c1-7-15-13(16-8-12-18-10(2)11(3)22-12)17-9-14(4,5)19-23(6,20)21;/h19H,7-9H2,1-6H3,(H2,15,16,17);1H. The molecule has 0 aromatic carbocycles. The molecule has 8 nitrogen and oxygen atoms in total. The molecule has 24 heavy (non-hydrogen) atoms. The van der Waals surface area contributed by atoms with E-state index in [-0.39, 0.29) is 24.0 Å². The highest BCUT2D eigenvalue weighted by Crippen LogP contribution is 2.09. The van der Waals surface area contributed by atoms with Crippen molar-refractivity contribution in [1.29, 1.82) is 0 Å². The van der Waals surface area contributed by atoms with Gasteiger partial charge in [0.15, 0.2) is 5.96 Å². The number of guanidine groups is 1. The number of aliphatic imine (C=N–C) groups is 1. The van der Waals surface area contributed by atoms with Crippen LogP contribution in [0.15, 0.2) is 9.41 Å². The van der Waals surface area contributed by atoms with Gasteiger partial charge >= 0.3 is 0 Å². The zero-order valence-corrected chi connectivity index (χ0v) is 18.2. The number of rotatable bonds is 7. The van der Waals surface area contributed by atoms with Gasteiger partial charge in [0, 0.05) is 18.6 Å². The maximum absolute atomic E-state index is 11.4. The normalized spacial score (nSPS) is 12.7. The Hall–Kier alpha value is -0.880. The molecule has 0 aliphatic heterocycles. The number of oxazole rings is 1. The van der Waals surface area contributed by atoms with Crippen molar-refractivity contribution in [2.24, 2.45) is 4.99 Å². The van der Waals surface area contributed by atoms with Crippen LogP contribution in [0.3, 0.4) is 0 Å². The largest absolute Gasteiger partial charge is 0.444 e. The molecular formula is C14H28IN5O3S. The highest BCUT2D eigenvalue weighted by atomic mass is 127. The van der Waals surface area contributed by atoms with Crippen LogP contribution in [0, 0.1) is 13.8 Å². The van der Waals surface area contributed by atoms with Gasteiger partial charge in [-0.1, -0.05) is 0 Å². The molecule has 140 valence electrons. The molecule has 0 amide bonds. The van der Waals surface area contributed by atoms with E-state index in [1.54, 1.807) is 13.8 Å². The summed E-state index contributed by atoms with van der Waals surface area (Å²) in [6, 6.07) is 0. The first-order valence-electron chi connectivity index (χ1n) is 7.46. The molecule has 1 heterocycles. The Bertz CT molecular complexity index is 636. The highest BCUT2D eigenvalue weighted by molar-refractivity contribution is 14.0. The molecule has 0 saturated carbocycles. The Morgan fingerprint density at radius 1 is 1.29 bits per heavy atom. The fraction of sp³-hybridized carbons (Fsp3) is 0.714. The third kappa shape index (κ3) is 8.83. The molecule has 10 heteroatoms. The number of aryl methyl sites for hydroxylation is 2. The number of nitrogens with zero attached hydrogens (tertiary/aromatic N) is 2. The second-order valence-electron chi connectivity index (χ2n) is 6.06. The Balaban J connectivity index is 0.00000529. The summed E-state index contributed by atoms with van der Waals surface area (Å²) in [5, 5.41) is 6.22. The molecular weight excluding hydrogens is 445 g/mol. The van der Waals surface area contributed by atoms with E-state index in [9.17, 15) is 8.42 Å². The van der Waals surface area contributed by atoms with Crippen molar-refractivity contribution >= 4 is 40.0 Å². The first-order chi connectivity index (χ1) is 10.5. The van der Waals surface area contributed by atoms with Crippen molar-refractivity contribution in [2.75, 3.05) is 19.3 Å². The Kier molecular flexibility index (Phi) is 9.21. The number of nitrogens with one attached hydrogen (secondary N) is 3. The van der Waals surface area contributed by atoms with Crippen LogP contribution in [0.5, 0.6) is 0 Å². The number of aromatic nitrogens is 1. The quantitative estimate of drug-likeness (QED) is 0.313. The van der Waals surface area contributed by atoms with Crippen LogP contribution in [0.4, 0.5) is 0 Å². The predicted molar refractivity (Wildman–Crippen MR) is 106 cm³/mol. The topological polar surface area (TPSA) is 109 Å². The van der Waals surface area contributed by atoms with E-state index < -0.39 is 15.6 Å². The second-order valence-corrected chi connectivity index (χ2v) is 7.80. The van der Waals surface area contributed by atoms with Gasteiger partial charge in [-0.2, -0.15) is 0 Å². The first kappa shape index (κ1) is 23.1. The van der Waals surface area contributed by atoms with Crippen LogP contribution in [0.2, 0.25) is 0 Å². The van der Waals surface area contributed by atoms with E-state index in [2.05, 4.69) is 25.3 Å². The van der Waals surface area contributed by atoms with E-state index in [1.807, 2.05) is 20.8 Å². The van der Waals surface area contributed by atoms with Crippen molar-refractivity contribution < 1.29 is 12.8 Å². The van der Waals surface area contributed by atoms with Gasteiger partial charge in [-0.3, -0.25) is 0 Å². The zero-order chi connectivity index (χ0) is 17.7. The lowest BCUT2D eigenvalue weighted by atomic mass is 10.1. The Labute approximate surface area is 161 Å². The van der Waals surface area contributed by atoms with Crippen LogP contribution in [0.25, 0.3) is 0 Å². The summed E-state index contributed by atoms with van der Waals surface area (Å²) in [6.45, 7) is 10.7. The van der Waals surface area contributed by atoms with Gasteiger partial charge in [-0.15, -0.1) is 24.0 Å². The lowest BCUT2D eigenvalue weighted by Crippen LogP contribution is -2.53. The lowest BCUT2D eigenvalue weighted by molar-refractivity contribution is 0.445. The zero-order valence-electron chi connectivity index (χ0n) is 15.1. The third-order valence-corrected chi connectivity index (χ3v) is 3.87. The van der Waals surface area contributed by atoms with Gasteiger partial charge in [0.05, 0.1) is 11.9 Å². The Morgan fingerprint density at radius 3 is 2.38 bits per heavy atom. The summed E-state index contributed by atoms with van der Waals surface area (Å²) in [6.07, 6.45) is 1.14. The van der Waals surface area contributed by atoms with E-state index in [1.165, 1.54) is 0 Å². The number of halogens is 1. The lowest BCUT2D eigenvalue weighted by Gasteiger charge is -2.26. The minimum absolute atomic E-state index is 0. The van der Waals surface area contributed by atoms with Crippen molar-refractivity contribution in [1.82, 2.24) is 20.3 Å². The molecule has 0 aliphatic rings. The maximum Gasteiger partial charge on any atom is 0.216 e. The Morgan fingerprint density at radius 2 is 1.92 bits per heavy atom. The van der Waals surface area contributed by atoms with Crippen molar-refractivity contribution in [3.8, 4) is 0 Å². The van der Waals surface area contributed by atoms with Crippen LogP contribution in [-0.2, 0) is 16.6 Å². The predicted octanol–water partition coefficient (Wildman–Crippen LogP) is 1.29. The summed E-state index contributed by atoms with van der Waals surface area (Å²) in [5.41, 5.74) is 0.214. The third-order valence-electron chi connectivity index (χ3n) is 2.95. The van der Waals surface area contributed by atoms with Crippen LogP contribution < -0.4 is 15.4 Å². The van der Waals surface area contributed by atoms with Gasteiger partial charge in [-0.25, -0.2) is 23.1 Å². The monoisotopic (exact) mass is 473 g/mol. The molecule has 0 saturated heterocycles. The van der Waals surface area contributed by atoms with Crippen molar-refractivity contribution in [2.45, 2.75) is 46.7 Å². The smallest absolute Gasteiger partial charge is 0.216 e. The maximum atomic E-state index is 11.4. The van der Waals surface area contributed by atoms with Gasteiger partial charge in [0.25, 0.3) is 0 Å². The van der Waals surface area contributed by atoms with E-state index >= 15 is 0 Å². The first-order valence-corrected chi connectivity index (χ1v) is 9.35. The number of sulfonamides is 1. The van der Waals surface area contributed by atoms with Gasteiger partial charge in [-0.05, 0) is 34.6 Å². The molecule has 0 bridgehead atoms.